The average molecular weight is 624 g/mol. The fourth-order valence-electron chi connectivity index (χ4n) is 4.29. The summed E-state index contributed by atoms with van der Waals surface area (Å²) < 4.78 is 0. The second-order valence-electron chi connectivity index (χ2n) is 10.2. The molecule has 1 unspecified atom stereocenters. The van der Waals surface area contributed by atoms with E-state index in [9.17, 15) is 49.4 Å². The number of phenolic OH excluding ortho intramolecular Hbond substituents is 1. The lowest BCUT2D eigenvalue weighted by molar-refractivity contribution is -0.173. The van der Waals surface area contributed by atoms with E-state index in [0.29, 0.717) is 23.0 Å². The molecule has 17 heteroatoms. The molecular formula is C27H41N7O10. The van der Waals surface area contributed by atoms with Crippen molar-refractivity contribution in [3.05, 3.63) is 29.8 Å². The first-order valence-corrected chi connectivity index (χ1v) is 14.1. The number of hydrogen-bond acceptors (Lipinski definition) is 11. The maximum atomic E-state index is 12.5. The number of likely N-dealkylation sites (N-methyl/N-ethyl adjacent to an activating group) is 1. The van der Waals surface area contributed by atoms with Crippen LogP contribution in [-0.4, -0.2) is 124 Å². The zero-order chi connectivity index (χ0) is 32.8. The highest BCUT2D eigenvalue weighted by Crippen LogP contribution is 2.15. The summed E-state index contributed by atoms with van der Waals surface area (Å²) in [5.41, 5.74) is -0.105. The van der Waals surface area contributed by atoms with E-state index in [-0.39, 0.29) is 50.2 Å². The molecule has 17 nitrogen and oxygen atoms in total. The fourth-order valence-corrected chi connectivity index (χ4v) is 4.29. The Kier molecular flexibility index (Phi) is 14.4. The number of hydrogen-bond donors (Lipinski definition) is 9. The van der Waals surface area contributed by atoms with Crippen LogP contribution < -0.4 is 26.6 Å². The van der Waals surface area contributed by atoms with Gasteiger partial charge in [0.25, 0.3) is 11.8 Å². The summed E-state index contributed by atoms with van der Waals surface area (Å²) in [6.45, 7) is 0.510. The number of benzene rings is 1. The minimum Gasteiger partial charge on any atom is -0.507 e. The van der Waals surface area contributed by atoms with Gasteiger partial charge in [0.2, 0.25) is 23.6 Å². The molecule has 1 aromatic carbocycles. The summed E-state index contributed by atoms with van der Waals surface area (Å²) in [5.74, 6) is -4.38. The van der Waals surface area contributed by atoms with E-state index in [0.717, 1.165) is 0 Å². The summed E-state index contributed by atoms with van der Waals surface area (Å²) in [5, 5.41) is 52.4. The van der Waals surface area contributed by atoms with Crippen LogP contribution in [0.4, 0.5) is 0 Å². The van der Waals surface area contributed by atoms with Gasteiger partial charge >= 0.3 is 0 Å². The van der Waals surface area contributed by atoms with Crippen LogP contribution in [0.3, 0.4) is 0 Å². The number of amides is 6. The fraction of sp³-hybridized carbons (Fsp3) is 0.556. The van der Waals surface area contributed by atoms with Gasteiger partial charge in [0, 0.05) is 26.1 Å². The molecule has 4 atom stereocenters. The van der Waals surface area contributed by atoms with Crippen LogP contribution in [0.25, 0.3) is 0 Å². The van der Waals surface area contributed by atoms with E-state index < -0.39 is 66.2 Å². The highest BCUT2D eigenvalue weighted by molar-refractivity contribution is 6.00. The molecule has 1 heterocycles. The summed E-state index contributed by atoms with van der Waals surface area (Å²) in [6, 6.07) is 1.58. The Morgan fingerprint density at radius 2 is 1.77 bits per heavy atom. The zero-order valence-electron chi connectivity index (χ0n) is 24.6. The Balaban J connectivity index is 1.70. The molecule has 0 saturated carbocycles. The Labute approximate surface area is 253 Å². The zero-order valence-corrected chi connectivity index (χ0v) is 24.6. The smallest absolute Gasteiger partial charge is 0.268 e. The van der Waals surface area contributed by atoms with Gasteiger partial charge in [-0.1, -0.05) is 12.1 Å². The van der Waals surface area contributed by atoms with Crippen LogP contribution in [0, 0.1) is 0 Å². The first-order chi connectivity index (χ1) is 20.9. The van der Waals surface area contributed by atoms with Crippen molar-refractivity contribution < 1.29 is 49.4 Å². The van der Waals surface area contributed by atoms with Crippen molar-refractivity contribution in [2.24, 2.45) is 0 Å². The first-order valence-electron chi connectivity index (χ1n) is 14.1. The standard InChI is InChI=1S/C27H41N7O10/c1-16(30-26(41)20(15-35)32-24(39)17-7-3-4-10-21(17)36)23(38)29-12-11-22(37)33(43)13-5-8-18(28-2)25(40)31-19-9-6-14-34(44)27(19)42/h3-4,7,10,16,18-20,28,35-36,43-44H,5-6,8-9,11-15H2,1-2H3,(H,29,38)(H,30,41)(H,31,40)(H,32,39)/t16-,18?,19-,20+/m0/s1. The van der Waals surface area contributed by atoms with Gasteiger partial charge in [0.05, 0.1) is 18.2 Å². The summed E-state index contributed by atoms with van der Waals surface area (Å²) >= 11 is 0. The maximum absolute atomic E-state index is 12.5. The monoisotopic (exact) mass is 623 g/mol. The number of carbonyl (C=O) groups is 6. The van der Waals surface area contributed by atoms with Gasteiger partial charge in [-0.05, 0) is 51.8 Å². The Hall–Kier alpha value is -4.32. The van der Waals surface area contributed by atoms with E-state index in [1.165, 1.54) is 31.2 Å². The molecule has 9 N–H and O–H groups in total. The lowest BCUT2D eigenvalue weighted by atomic mass is 10.0. The third-order valence-electron chi connectivity index (χ3n) is 6.89. The van der Waals surface area contributed by atoms with Gasteiger partial charge in [0.15, 0.2) is 0 Å². The molecule has 1 fully saturated rings. The molecule has 1 aromatic rings. The van der Waals surface area contributed by atoms with E-state index >= 15 is 0 Å². The molecule has 244 valence electrons. The summed E-state index contributed by atoms with van der Waals surface area (Å²) in [6.07, 6.45) is 1.13. The number of aliphatic hydroxyl groups is 1. The predicted octanol–water partition coefficient (Wildman–Crippen LogP) is -2.42. The molecule has 1 aliphatic heterocycles. The largest absolute Gasteiger partial charge is 0.507 e. The van der Waals surface area contributed by atoms with Gasteiger partial charge in [-0.3, -0.25) is 39.2 Å². The maximum Gasteiger partial charge on any atom is 0.268 e. The van der Waals surface area contributed by atoms with Gasteiger partial charge in [-0.2, -0.15) is 0 Å². The number of phenols is 1. The lowest BCUT2D eigenvalue weighted by Crippen LogP contribution is -2.54. The number of aromatic hydroxyl groups is 1. The van der Waals surface area contributed by atoms with Crippen LogP contribution >= 0.6 is 0 Å². The summed E-state index contributed by atoms with van der Waals surface area (Å²) in [7, 11) is 1.55. The number of nitrogens with zero attached hydrogens (tertiary/aromatic N) is 2. The first kappa shape index (κ1) is 35.9. The molecule has 0 aliphatic carbocycles. The quantitative estimate of drug-likeness (QED) is 0.0692. The van der Waals surface area contributed by atoms with E-state index in [4.69, 9.17) is 0 Å². The Morgan fingerprint density at radius 1 is 1.07 bits per heavy atom. The Morgan fingerprint density at radius 3 is 2.43 bits per heavy atom. The summed E-state index contributed by atoms with van der Waals surface area (Å²) in [4.78, 5) is 73.9. The van der Waals surface area contributed by atoms with Crippen LogP contribution in [-0.2, 0) is 24.0 Å². The third-order valence-corrected chi connectivity index (χ3v) is 6.89. The second-order valence-corrected chi connectivity index (χ2v) is 10.2. The molecule has 44 heavy (non-hydrogen) atoms. The van der Waals surface area contributed by atoms with E-state index in [1.807, 2.05) is 0 Å². The third kappa shape index (κ3) is 10.7. The topological polar surface area (TPSA) is 250 Å². The number of hydroxylamine groups is 4. The van der Waals surface area contributed by atoms with Crippen LogP contribution in [0.1, 0.15) is 49.4 Å². The van der Waals surface area contributed by atoms with Gasteiger partial charge in [-0.25, -0.2) is 10.1 Å². The minimum absolute atomic E-state index is 0.105. The normalized spacial score (nSPS) is 16.7. The number of para-hydroxylation sites is 1. The Bertz CT molecular complexity index is 1180. The minimum atomic E-state index is -1.41. The average Bonchev–Trinajstić information content (AvgIpc) is 2.99. The number of aliphatic hydroxyl groups excluding tert-OH is 1. The van der Waals surface area contributed by atoms with Crippen molar-refractivity contribution in [1.82, 2.24) is 36.7 Å². The predicted molar refractivity (Wildman–Crippen MR) is 152 cm³/mol. The molecule has 1 aliphatic rings. The number of nitrogens with one attached hydrogen (secondary N) is 5. The molecule has 0 spiro atoms. The van der Waals surface area contributed by atoms with Crippen molar-refractivity contribution in [1.29, 1.82) is 0 Å². The molecule has 1 saturated heterocycles. The molecule has 0 bridgehead atoms. The molecular weight excluding hydrogens is 582 g/mol. The van der Waals surface area contributed by atoms with Crippen molar-refractivity contribution in [3.8, 4) is 5.75 Å². The van der Waals surface area contributed by atoms with Crippen LogP contribution in [0.2, 0.25) is 0 Å². The number of carbonyl (C=O) groups excluding carboxylic acids is 6. The van der Waals surface area contributed by atoms with Crippen molar-refractivity contribution in [2.45, 2.75) is 63.2 Å². The van der Waals surface area contributed by atoms with Gasteiger partial charge < -0.3 is 36.8 Å². The van der Waals surface area contributed by atoms with E-state index in [2.05, 4.69) is 26.6 Å². The van der Waals surface area contributed by atoms with Gasteiger partial charge in [-0.15, -0.1) is 0 Å². The van der Waals surface area contributed by atoms with Gasteiger partial charge in [0.1, 0.15) is 23.9 Å². The number of piperidine rings is 1. The van der Waals surface area contributed by atoms with Crippen molar-refractivity contribution in [3.63, 3.8) is 0 Å². The van der Waals surface area contributed by atoms with Crippen molar-refractivity contribution >= 4 is 35.4 Å². The highest BCUT2D eigenvalue weighted by atomic mass is 16.5. The van der Waals surface area contributed by atoms with Crippen LogP contribution in [0.15, 0.2) is 24.3 Å². The molecule has 0 radical (unpaired) electrons. The second kappa shape index (κ2) is 17.7. The molecule has 6 amide bonds. The molecule has 0 aromatic heterocycles. The molecule has 2 rings (SSSR count). The van der Waals surface area contributed by atoms with Crippen LogP contribution in [0.5, 0.6) is 5.75 Å². The lowest BCUT2D eigenvalue weighted by Gasteiger charge is -2.29. The van der Waals surface area contributed by atoms with Crippen molar-refractivity contribution in [2.75, 3.05) is 33.3 Å². The SMILES string of the molecule is CNC(CCCN(O)C(=O)CCNC(=O)[C@H](C)NC(=O)[C@@H](CO)NC(=O)c1ccccc1O)C(=O)N[C@H]1CCCN(O)C1=O. The number of rotatable bonds is 16. The highest BCUT2D eigenvalue weighted by Gasteiger charge is 2.31. The van der Waals surface area contributed by atoms with E-state index in [1.54, 1.807) is 7.05 Å².